The van der Waals surface area contributed by atoms with Crippen LogP contribution in [0.5, 0.6) is 11.5 Å². The maximum atomic E-state index is 12.8. The molecule has 0 saturated carbocycles. The van der Waals surface area contributed by atoms with Crippen molar-refractivity contribution in [2.75, 3.05) is 19.0 Å². The molecule has 0 aliphatic heterocycles. The van der Waals surface area contributed by atoms with Crippen LogP contribution in [0, 0.1) is 6.92 Å². The molecule has 2 aromatic carbocycles. The van der Waals surface area contributed by atoms with Crippen molar-refractivity contribution in [2.45, 2.75) is 31.7 Å². The number of halogens is 1. The zero-order valence-corrected chi connectivity index (χ0v) is 17.6. The first kappa shape index (κ1) is 22.0. The van der Waals surface area contributed by atoms with Crippen LogP contribution in [0.4, 0.5) is 5.69 Å². The Morgan fingerprint density at radius 3 is 2.50 bits per heavy atom. The average Bonchev–Trinajstić information content (AvgIpc) is 2.63. The van der Waals surface area contributed by atoms with Crippen molar-refractivity contribution in [3.63, 3.8) is 0 Å². The number of hydrogen-bond donors (Lipinski definition) is 2. The number of nitrogens with one attached hydrogen (secondary N) is 2. The predicted octanol–water partition coefficient (Wildman–Crippen LogP) is 3.36. The Morgan fingerprint density at radius 2 is 1.86 bits per heavy atom. The van der Waals surface area contributed by atoms with Crippen LogP contribution in [0.25, 0.3) is 0 Å². The fourth-order valence-corrected chi connectivity index (χ4v) is 4.09. The van der Waals surface area contributed by atoms with Crippen molar-refractivity contribution in [3.05, 3.63) is 47.0 Å². The third kappa shape index (κ3) is 5.37. The lowest BCUT2D eigenvalue weighted by molar-refractivity contribution is -0.117. The summed E-state index contributed by atoms with van der Waals surface area (Å²) < 4.78 is 38.5. The van der Waals surface area contributed by atoms with Crippen LogP contribution in [0.1, 0.15) is 19.4 Å². The largest absolute Gasteiger partial charge is 0.495 e. The van der Waals surface area contributed by atoms with E-state index in [4.69, 9.17) is 21.1 Å². The SMILES string of the molecule is CCOc1ccc(Cl)cc1S(=O)(=O)NC(C)C(=O)Nc1cc(C)ccc1OC. The van der Waals surface area contributed by atoms with Crippen LogP contribution in [-0.4, -0.2) is 34.1 Å². The number of methoxy groups -OCH3 is 1. The first-order valence-electron chi connectivity index (χ1n) is 8.58. The van der Waals surface area contributed by atoms with Gasteiger partial charge in [-0.25, -0.2) is 8.42 Å². The van der Waals surface area contributed by atoms with E-state index in [0.29, 0.717) is 11.4 Å². The minimum Gasteiger partial charge on any atom is -0.495 e. The van der Waals surface area contributed by atoms with Gasteiger partial charge in [-0.1, -0.05) is 17.7 Å². The maximum absolute atomic E-state index is 12.8. The molecule has 2 rings (SSSR count). The molecule has 9 heteroatoms. The van der Waals surface area contributed by atoms with Gasteiger partial charge in [0.15, 0.2) is 0 Å². The molecular formula is C19H23ClN2O5S. The predicted molar refractivity (Wildman–Crippen MR) is 109 cm³/mol. The van der Waals surface area contributed by atoms with Gasteiger partial charge in [0.25, 0.3) is 0 Å². The highest BCUT2D eigenvalue weighted by Crippen LogP contribution is 2.28. The molecule has 0 heterocycles. The van der Waals surface area contributed by atoms with Gasteiger partial charge in [0.05, 0.1) is 25.4 Å². The highest BCUT2D eigenvalue weighted by molar-refractivity contribution is 7.89. The molecule has 0 fully saturated rings. The number of hydrogen-bond acceptors (Lipinski definition) is 5. The van der Waals surface area contributed by atoms with Crippen molar-refractivity contribution in [1.82, 2.24) is 4.72 Å². The lowest BCUT2D eigenvalue weighted by atomic mass is 10.2. The summed E-state index contributed by atoms with van der Waals surface area (Å²) in [7, 11) is -2.56. The molecular weight excluding hydrogens is 404 g/mol. The Kier molecular flexibility index (Phi) is 7.29. The van der Waals surface area contributed by atoms with E-state index < -0.39 is 22.0 Å². The fraction of sp³-hybridized carbons (Fsp3) is 0.316. The molecule has 0 aliphatic carbocycles. The number of carbonyl (C=O) groups excluding carboxylic acids is 1. The van der Waals surface area contributed by atoms with Gasteiger partial charge in [-0.15, -0.1) is 0 Å². The Labute approximate surface area is 170 Å². The van der Waals surface area contributed by atoms with Crippen molar-refractivity contribution in [3.8, 4) is 11.5 Å². The van der Waals surface area contributed by atoms with Crippen LogP contribution in [-0.2, 0) is 14.8 Å². The number of rotatable bonds is 8. The second-order valence-electron chi connectivity index (χ2n) is 6.06. The summed E-state index contributed by atoms with van der Waals surface area (Å²) in [6, 6.07) is 8.54. The lowest BCUT2D eigenvalue weighted by Gasteiger charge is -2.17. The molecule has 152 valence electrons. The molecule has 0 radical (unpaired) electrons. The van der Waals surface area contributed by atoms with E-state index in [0.717, 1.165) is 5.56 Å². The van der Waals surface area contributed by atoms with Gasteiger partial charge in [0.2, 0.25) is 15.9 Å². The lowest BCUT2D eigenvalue weighted by Crippen LogP contribution is -2.41. The highest BCUT2D eigenvalue weighted by Gasteiger charge is 2.26. The Balaban J connectivity index is 2.22. The molecule has 0 saturated heterocycles. The number of anilines is 1. The summed E-state index contributed by atoms with van der Waals surface area (Å²) in [4.78, 5) is 12.4. The Hall–Kier alpha value is -2.29. The minimum absolute atomic E-state index is 0.130. The minimum atomic E-state index is -4.05. The summed E-state index contributed by atoms with van der Waals surface area (Å²) in [6.07, 6.45) is 0. The van der Waals surface area contributed by atoms with Crippen LogP contribution in [0.2, 0.25) is 5.02 Å². The van der Waals surface area contributed by atoms with Gasteiger partial charge in [-0.3, -0.25) is 4.79 Å². The van der Waals surface area contributed by atoms with Gasteiger partial charge >= 0.3 is 0 Å². The van der Waals surface area contributed by atoms with Crippen LogP contribution < -0.4 is 19.5 Å². The Morgan fingerprint density at radius 1 is 1.18 bits per heavy atom. The molecule has 0 bridgehead atoms. The van der Waals surface area contributed by atoms with Crippen molar-refractivity contribution < 1.29 is 22.7 Å². The van der Waals surface area contributed by atoms with E-state index in [9.17, 15) is 13.2 Å². The molecule has 28 heavy (non-hydrogen) atoms. The summed E-state index contributed by atoms with van der Waals surface area (Å²) >= 11 is 5.94. The van der Waals surface area contributed by atoms with Crippen LogP contribution in [0.15, 0.2) is 41.3 Å². The fourth-order valence-electron chi connectivity index (χ4n) is 2.48. The second-order valence-corrected chi connectivity index (χ2v) is 8.18. The van der Waals surface area contributed by atoms with E-state index in [2.05, 4.69) is 10.0 Å². The normalized spacial score (nSPS) is 12.3. The van der Waals surface area contributed by atoms with E-state index in [1.165, 1.54) is 32.2 Å². The summed E-state index contributed by atoms with van der Waals surface area (Å²) in [5.41, 5.74) is 1.38. The summed E-state index contributed by atoms with van der Waals surface area (Å²) in [6.45, 7) is 5.34. The summed E-state index contributed by atoms with van der Waals surface area (Å²) in [5, 5.41) is 2.92. The highest BCUT2D eigenvalue weighted by atomic mass is 35.5. The number of aryl methyl sites for hydroxylation is 1. The van der Waals surface area contributed by atoms with E-state index in [1.807, 2.05) is 13.0 Å². The molecule has 0 aliphatic rings. The van der Waals surface area contributed by atoms with Gasteiger partial charge in [0, 0.05) is 5.02 Å². The zero-order chi connectivity index (χ0) is 20.9. The van der Waals surface area contributed by atoms with Gasteiger partial charge < -0.3 is 14.8 Å². The molecule has 7 nitrogen and oxygen atoms in total. The van der Waals surface area contributed by atoms with E-state index in [-0.39, 0.29) is 22.3 Å². The number of sulfonamides is 1. The first-order valence-corrected chi connectivity index (χ1v) is 10.4. The molecule has 1 amide bonds. The van der Waals surface area contributed by atoms with Crippen molar-refractivity contribution in [2.24, 2.45) is 0 Å². The maximum Gasteiger partial charge on any atom is 0.245 e. The van der Waals surface area contributed by atoms with Crippen molar-refractivity contribution >= 4 is 33.2 Å². The van der Waals surface area contributed by atoms with Crippen LogP contribution in [0.3, 0.4) is 0 Å². The molecule has 1 atom stereocenters. The van der Waals surface area contributed by atoms with Gasteiger partial charge in [0.1, 0.15) is 16.4 Å². The first-order chi connectivity index (χ1) is 13.2. The topological polar surface area (TPSA) is 93.7 Å². The third-order valence-corrected chi connectivity index (χ3v) is 5.63. The molecule has 0 spiro atoms. The third-order valence-electron chi connectivity index (χ3n) is 3.83. The number of carbonyl (C=O) groups is 1. The van der Waals surface area contributed by atoms with E-state index >= 15 is 0 Å². The summed E-state index contributed by atoms with van der Waals surface area (Å²) in [5.74, 6) is 0.0994. The van der Waals surface area contributed by atoms with E-state index in [1.54, 1.807) is 19.1 Å². The van der Waals surface area contributed by atoms with Crippen LogP contribution >= 0.6 is 11.6 Å². The standard InChI is InChI=1S/C19H23ClN2O5S/c1-5-27-17-9-7-14(20)11-18(17)28(24,25)22-13(3)19(23)21-15-10-12(2)6-8-16(15)26-4/h6-11,13,22H,5H2,1-4H3,(H,21,23). The molecule has 0 aromatic heterocycles. The Bertz CT molecular complexity index is 963. The average molecular weight is 427 g/mol. The van der Waals surface area contributed by atoms with Gasteiger partial charge in [-0.2, -0.15) is 4.72 Å². The quantitative estimate of drug-likeness (QED) is 0.675. The molecule has 1 unspecified atom stereocenters. The van der Waals surface area contributed by atoms with Gasteiger partial charge in [-0.05, 0) is 56.7 Å². The number of benzene rings is 2. The number of amides is 1. The smallest absolute Gasteiger partial charge is 0.245 e. The second kappa shape index (κ2) is 9.27. The monoisotopic (exact) mass is 426 g/mol. The zero-order valence-electron chi connectivity index (χ0n) is 16.1. The van der Waals surface area contributed by atoms with Crippen molar-refractivity contribution in [1.29, 1.82) is 0 Å². The molecule has 2 N–H and O–H groups in total. The molecule has 2 aromatic rings. The number of ether oxygens (including phenoxy) is 2.